The van der Waals surface area contributed by atoms with Crippen molar-refractivity contribution < 1.29 is 18.5 Å². The highest BCUT2D eigenvalue weighted by molar-refractivity contribution is 8.75. The number of carbonyl (C=O) groups excluding carboxylic acids is 2. The Balaban J connectivity index is 2.04. The molecule has 7 heteroatoms. The molecule has 0 aromatic heterocycles. The minimum absolute atomic E-state index is 0.519. The normalized spacial score (nSPS) is 17.1. The van der Waals surface area contributed by atoms with Gasteiger partial charge in [0.15, 0.2) is 0 Å². The van der Waals surface area contributed by atoms with Crippen molar-refractivity contribution in [3.05, 3.63) is 0 Å². The summed E-state index contributed by atoms with van der Waals surface area (Å²) in [6.07, 6.45) is 3.82. The van der Waals surface area contributed by atoms with Gasteiger partial charge in [0.05, 0.1) is 0 Å². The van der Waals surface area contributed by atoms with Gasteiger partial charge in [0.1, 0.15) is 11.1 Å². The van der Waals surface area contributed by atoms with Crippen LogP contribution in [0.25, 0.3) is 0 Å². The Bertz CT molecular complexity index is 231. The number of nitrogens with two attached hydrogens (primary N) is 1. The average molecular weight is 251 g/mol. The van der Waals surface area contributed by atoms with Crippen LogP contribution in [0.2, 0.25) is 0 Å². The molecule has 0 atom stereocenters. The lowest BCUT2D eigenvalue weighted by molar-refractivity contribution is 0.127. The van der Waals surface area contributed by atoms with Crippen molar-refractivity contribution >= 4 is 34.1 Å². The van der Waals surface area contributed by atoms with Crippen molar-refractivity contribution in [3.8, 4) is 0 Å². The molecule has 0 saturated heterocycles. The van der Waals surface area contributed by atoms with Crippen LogP contribution in [0.1, 0.15) is 32.1 Å². The maximum Gasteiger partial charge on any atom is 0.530 e. The van der Waals surface area contributed by atoms with Crippen LogP contribution in [-0.4, -0.2) is 17.5 Å². The zero-order chi connectivity index (χ0) is 11.1. The van der Waals surface area contributed by atoms with E-state index in [9.17, 15) is 9.59 Å². The Morgan fingerprint density at radius 2 is 1.87 bits per heavy atom. The number of carbonyl (C=O) groups is 2. The number of hydrogen-bond donors (Lipinski definition) is 1. The summed E-state index contributed by atoms with van der Waals surface area (Å²) in [6.45, 7) is 0. The van der Waals surface area contributed by atoms with Crippen LogP contribution in [-0.2, 0) is 8.92 Å². The molecule has 0 aromatic carbocycles. The van der Waals surface area contributed by atoms with Gasteiger partial charge in [-0.1, -0.05) is 19.3 Å². The molecule has 0 heterocycles. The Morgan fingerprint density at radius 1 is 1.20 bits per heavy atom. The first-order valence-electron chi connectivity index (χ1n) is 4.69. The smallest absolute Gasteiger partial charge is 0.347 e. The summed E-state index contributed by atoms with van der Waals surface area (Å²) in [4.78, 5) is 20.9. The number of ether oxygens (including phenoxy) is 1. The van der Waals surface area contributed by atoms with E-state index in [2.05, 4.69) is 14.7 Å². The zero-order valence-electron chi connectivity index (χ0n) is 8.14. The minimum atomic E-state index is -1.15. The molecule has 1 rings (SSSR count). The SMILES string of the molecule is NC(=O)OC(=O)OSSC1CCCCC1. The molecular weight excluding hydrogens is 238 g/mol. The highest BCUT2D eigenvalue weighted by Crippen LogP contribution is 2.36. The summed E-state index contributed by atoms with van der Waals surface area (Å²) < 4.78 is 8.56. The van der Waals surface area contributed by atoms with E-state index in [1.165, 1.54) is 30.1 Å². The van der Waals surface area contributed by atoms with Crippen molar-refractivity contribution in [1.29, 1.82) is 0 Å². The van der Waals surface area contributed by atoms with Crippen molar-refractivity contribution in [3.63, 3.8) is 0 Å². The molecule has 1 amide bonds. The predicted octanol–water partition coefficient (Wildman–Crippen LogP) is 2.85. The second-order valence-corrected chi connectivity index (χ2v) is 5.33. The van der Waals surface area contributed by atoms with Crippen molar-refractivity contribution in [2.75, 3.05) is 0 Å². The summed E-state index contributed by atoms with van der Waals surface area (Å²) in [5.41, 5.74) is 4.63. The third-order valence-corrected chi connectivity index (χ3v) is 4.30. The van der Waals surface area contributed by atoms with E-state index in [0.717, 1.165) is 23.9 Å². The number of rotatable bonds is 3. The highest BCUT2D eigenvalue weighted by atomic mass is 33.1. The van der Waals surface area contributed by atoms with Crippen molar-refractivity contribution in [2.45, 2.75) is 37.4 Å². The second kappa shape index (κ2) is 6.84. The van der Waals surface area contributed by atoms with Crippen LogP contribution in [0, 0.1) is 0 Å². The highest BCUT2D eigenvalue weighted by Gasteiger charge is 2.16. The molecule has 0 unspecified atom stereocenters. The standard InChI is InChI=1S/C8H13NO4S2/c9-7(10)12-8(11)13-15-14-6-4-2-1-3-5-6/h6H,1-5H2,(H2,9,10). The first kappa shape index (κ1) is 12.5. The lowest BCUT2D eigenvalue weighted by Crippen LogP contribution is -2.17. The summed E-state index contributed by atoms with van der Waals surface area (Å²) in [5, 5.41) is 0.519. The molecule has 5 nitrogen and oxygen atoms in total. The lowest BCUT2D eigenvalue weighted by Gasteiger charge is -2.18. The van der Waals surface area contributed by atoms with E-state index in [1.807, 2.05) is 0 Å². The fourth-order valence-electron chi connectivity index (χ4n) is 1.36. The van der Waals surface area contributed by atoms with Crippen LogP contribution in [0.3, 0.4) is 0 Å². The van der Waals surface area contributed by atoms with E-state index in [0.29, 0.717) is 5.25 Å². The number of amides is 1. The Labute approximate surface area is 96.0 Å². The first-order chi connectivity index (χ1) is 7.18. The van der Waals surface area contributed by atoms with Gasteiger partial charge in [-0.05, 0) is 23.6 Å². The monoisotopic (exact) mass is 251 g/mol. The molecular formula is C8H13NO4S2. The zero-order valence-corrected chi connectivity index (χ0v) is 9.77. The predicted molar refractivity (Wildman–Crippen MR) is 59.2 cm³/mol. The number of primary amides is 1. The maximum atomic E-state index is 10.7. The van der Waals surface area contributed by atoms with E-state index in [1.54, 1.807) is 0 Å². The summed E-state index contributed by atoms with van der Waals surface area (Å²) in [7, 11) is 1.49. The fourth-order valence-corrected chi connectivity index (χ4v) is 3.32. The molecule has 0 spiro atoms. The third-order valence-electron chi connectivity index (χ3n) is 2.01. The van der Waals surface area contributed by atoms with Gasteiger partial charge >= 0.3 is 12.2 Å². The average Bonchev–Trinajstić information content (AvgIpc) is 2.18. The topological polar surface area (TPSA) is 78.6 Å². The summed E-state index contributed by atoms with van der Waals surface area (Å²) in [5.74, 6) is 0. The summed E-state index contributed by atoms with van der Waals surface area (Å²) in [6, 6.07) is 0. The molecule has 0 radical (unpaired) electrons. The van der Waals surface area contributed by atoms with Gasteiger partial charge in [0.25, 0.3) is 0 Å². The van der Waals surface area contributed by atoms with Crippen LogP contribution in [0.4, 0.5) is 9.59 Å². The van der Waals surface area contributed by atoms with E-state index >= 15 is 0 Å². The summed E-state index contributed by atoms with van der Waals surface area (Å²) >= 11 is 0.944. The minimum Gasteiger partial charge on any atom is -0.347 e. The van der Waals surface area contributed by atoms with E-state index in [-0.39, 0.29) is 0 Å². The molecule has 1 aliphatic rings. The van der Waals surface area contributed by atoms with Gasteiger partial charge in [-0.3, -0.25) is 0 Å². The molecule has 0 bridgehead atoms. The fraction of sp³-hybridized carbons (Fsp3) is 0.750. The van der Waals surface area contributed by atoms with E-state index < -0.39 is 12.2 Å². The molecule has 15 heavy (non-hydrogen) atoms. The Morgan fingerprint density at radius 3 is 2.47 bits per heavy atom. The molecule has 0 aromatic rings. The molecule has 1 aliphatic carbocycles. The van der Waals surface area contributed by atoms with Crippen LogP contribution in [0.5, 0.6) is 0 Å². The van der Waals surface area contributed by atoms with Gasteiger partial charge in [-0.2, -0.15) is 0 Å². The Kier molecular flexibility index (Phi) is 5.70. The lowest BCUT2D eigenvalue weighted by atomic mass is 10.0. The van der Waals surface area contributed by atoms with Gasteiger partial charge in [0, 0.05) is 5.25 Å². The molecule has 1 fully saturated rings. The van der Waals surface area contributed by atoms with Crippen LogP contribution >= 0.6 is 21.9 Å². The quantitative estimate of drug-likeness (QED) is 0.359. The molecule has 2 N–H and O–H groups in total. The van der Waals surface area contributed by atoms with Crippen LogP contribution in [0.15, 0.2) is 0 Å². The molecule has 0 aliphatic heterocycles. The van der Waals surface area contributed by atoms with Gasteiger partial charge < -0.3 is 14.7 Å². The molecule has 86 valence electrons. The number of hydrogen-bond acceptors (Lipinski definition) is 6. The third kappa shape index (κ3) is 5.78. The van der Waals surface area contributed by atoms with Gasteiger partial charge in [-0.15, -0.1) is 0 Å². The Hall–Kier alpha value is -0.560. The van der Waals surface area contributed by atoms with Crippen LogP contribution < -0.4 is 5.73 Å². The second-order valence-electron chi connectivity index (χ2n) is 3.18. The van der Waals surface area contributed by atoms with Gasteiger partial charge in [-0.25, -0.2) is 9.59 Å². The van der Waals surface area contributed by atoms with Crippen molar-refractivity contribution in [1.82, 2.24) is 0 Å². The largest absolute Gasteiger partial charge is 0.530 e. The van der Waals surface area contributed by atoms with E-state index in [4.69, 9.17) is 0 Å². The first-order valence-corrected chi connectivity index (χ1v) is 6.83. The van der Waals surface area contributed by atoms with Gasteiger partial charge in [0.2, 0.25) is 0 Å². The molecule has 1 saturated carbocycles. The maximum absolute atomic E-state index is 10.7. The van der Waals surface area contributed by atoms with Crippen molar-refractivity contribution in [2.24, 2.45) is 5.73 Å².